The van der Waals surface area contributed by atoms with Gasteiger partial charge in [-0.1, -0.05) is 41.0 Å². The van der Waals surface area contributed by atoms with Crippen LogP contribution in [0.3, 0.4) is 0 Å². The van der Waals surface area contributed by atoms with Crippen LogP contribution in [-0.2, 0) is 6.42 Å². The summed E-state index contributed by atoms with van der Waals surface area (Å²) in [5.74, 6) is 2.61. The van der Waals surface area contributed by atoms with Crippen molar-refractivity contribution in [2.24, 2.45) is 0 Å². The largest absolute Gasteiger partial charge is 0.361 e. The molecular weight excluding hydrogens is 384 g/mol. The molecule has 5 nitrogen and oxygen atoms in total. The van der Waals surface area contributed by atoms with Crippen LogP contribution in [0.15, 0.2) is 53.1 Å². The molecule has 0 fully saturated rings. The third-order valence-electron chi connectivity index (χ3n) is 5.39. The molecule has 1 aliphatic rings. The highest BCUT2D eigenvalue weighted by Crippen LogP contribution is 2.37. The lowest BCUT2D eigenvalue weighted by atomic mass is 9.92. The molecule has 0 spiro atoms. The minimum absolute atomic E-state index is 0.703. The van der Waals surface area contributed by atoms with E-state index >= 15 is 0 Å². The van der Waals surface area contributed by atoms with Gasteiger partial charge < -0.3 is 4.52 Å². The molecule has 0 unspecified atom stereocenters. The van der Waals surface area contributed by atoms with E-state index in [9.17, 15) is 0 Å². The van der Waals surface area contributed by atoms with Crippen LogP contribution < -0.4 is 0 Å². The Labute approximate surface area is 173 Å². The molecule has 144 valence electrons. The lowest BCUT2D eigenvalue weighted by Gasteiger charge is -2.16. The van der Waals surface area contributed by atoms with Crippen LogP contribution in [0.1, 0.15) is 34.2 Å². The zero-order valence-electron chi connectivity index (χ0n) is 16.4. The predicted molar refractivity (Wildman–Crippen MR) is 113 cm³/mol. The van der Waals surface area contributed by atoms with Gasteiger partial charge in [0.05, 0.1) is 11.4 Å². The minimum Gasteiger partial charge on any atom is -0.361 e. The van der Waals surface area contributed by atoms with Crippen LogP contribution >= 0.6 is 11.6 Å². The number of nitrogens with zero attached hydrogens (tertiary/aromatic N) is 4. The molecule has 1 aliphatic heterocycles. The third kappa shape index (κ3) is 2.89. The molecule has 0 radical (unpaired) electrons. The van der Waals surface area contributed by atoms with Gasteiger partial charge >= 0.3 is 0 Å². The van der Waals surface area contributed by atoms with Crippen molar-refractivity contribution in [2.45, 2.75) is 27.2 Å². The van der Waals surface area contributed by atoms with E-state index in [0.29, 0.717) is 6.42 Å². The van der Waals surface area contributed by atoms with E-state index in [2.05, 4.69) is 56.3 Å². The molecule has 0 bridgehead atoms. The molecule has 3 heterocycles. The highest BCUT2D eigenvalue weighted by molar-refractivity contribution is 6.30. The molecule has 4 aromatic rings. The Hall–Kier alpha value is -3.18. The van der Waals surface area contributed by atoms with Crippen LogP contribution in [0.2, 0.25) is 5.02 Å². The Morgan fingerprint density at radius 1 is 0.966 bits per heavy atom. The summed E-state index contributed by atoms with van der Waals surface area (Å²) in [7, 11) is 0. The standard InChI is InChI=1S/C23H19ClN4O/c1-13-23(14(2)29-27-13)17-6-10-21-20(12-17)19(16-4-7-18(24)8-5-16)9-11-22-26-25-15(3)28(21)22/h4-10,12H,11H2,1-3H3. The number of allylic oxidation sites excluding steroid dienone is 1. The van der Waals surface area contributed by atoms with Crippen molar-refractivity contribution in [3.8, 4) is 16.8 Å². The molecule has 0 aliphatic carbocycles. The lowest BCUT2D eigenvalue weighted by Crippen LogP contribution is -2.04. The average Bonchev–Trinajstić information content (AvgIpc) is 3.19. The Kier molecular flexibility index (Phi) is 4.14. The Bertz CT molecular complexity index is 1250. The molecule has 0 saturated heterocycles. The van der Waals surface area contributed by atoms with Crippen molar-refractivity contribution >= 4 is 17.2 Å². The van der Waals surface area contributed by atoms with Crippen molar-refractivity contribution in [3.63, 3.8) is 0 Å². The Morgan fingerprint density at radius 3 is 2.45 bits per heavy atom. The van der Waals surface area contributed by atoms with Crippen molar-refractivity contribution in [3.05, 3.63) is 87.8 Å². The molecule has 29 heavy (non-hydrogen) atoms. The summed E-state index contributed by atoms with van der Waals surface area (Å²) in [5, 5.41) is 13.5. The highest BCUT2D eigenvalue weighted by atomic mass is 35.5. The van der Waals surface area contributed by atoms with Crippen LogP contribution in [0.5, 0.6) is 0 Å². The first-order valence-corrected chi connectivity index (χ1v) is 9.86. The predicted octanol–water partition coefficient (Wildman–Crippen LogP) is 5.49. The van der Waals surface area contributed by atoms with Gasteiger partial charge in [-0.25, -0.2) is 0 Å². The maximum absolute atomic E-state index is 6.13. The first-order valence-electron chi connectivity index (χ1n) is 9.48. The topological polar surface area (TPSA) is 56.7 Å². The second-order valence-electron chi connectivity index (χ2n) is 7.26. The zero-order chi connectivity index (χ0) is 20.1. The molecule has 0 atom stereocenters. The molecule has 0 saturated carbocycles. The van der Waals surface area contributed by atoms with E-state index in [1.165, 1.54) is 0 Å². The van der Waals surface area contributed by atoms with Crippen LogP contribution in [-0.4, -0.2) is 19.9 Å². The van der Waals surface area contributed by atoms with E-state index < -0.39 is 0 Å². The Morgan fingerprint density at radius 2 is 1.72 bits per heavy atom. The summed E-state index contributed by atoms with van der Waals surface area (Å²) in [5.41, 5.74) is 7.44. The van der Waals surface area contributed by atoms with Crippen molar-refractivity contribution in [2.75, 3.05) is 0 Å². The van der Waals surface area contributed by atoms with E-state index in [0.717, 1.165) is 61.6 Å². The first-order chi connectivity index (χ1) is 14.0. The zero-order valence-corrected chi connectivity index (χ0v) is 17.2. The fraction of sp³-hybridized carbons (Fsp3) is 0.174. The smallest absolute Gasteiger partial charge is 0.141 e. The van der Waals surface area contributed by atoms with Gasteiger partial charge in [-0.3, -0.25) is 4.57 Å². The molecule has 0 amide bonds. The summed E-state index contributed by atoms with van der Waals surface area (Å²) >= 11 is 6.13. The average molecular weight is 403 g/mol. The van der Waals surface area contributed by atoms with E-state index in [-0.39, 0.29) is 0 Å². The maximum Gasteiger partial charge on any atom is 0.141 e. The van der Waals surface area contributed by atoms with E-state index in [1.807, 2.05) is 32.9 Å². The molecule has 5 rings (SSSR count). The first kappa shape index (κ1) is 17.9. The second kappa shape index (κ2) is 6.71. The normalized spacial score (nSPS) is 12.9. The van der Waals surface area contributed by atoms with Crippen LogP contribution in [0.4, 0.5) is 0 Å². The summed E-state index contributed by atoms with van der Waals surface area (Å²) in [6, 6.07) is 14.4. The lowest BCUT2D eigenvalue weighted by molar-refractivity contribution is 0.393. The van der Waals surface area contributed by atoms with Crippen molar-refractivity contribution in [1.82, 2.24) is 19.9 Å². The third-order valence-corrected chi connectivity index (χ3v) is 5.64. The summed E-state index contributed by atoms with van der Waals surface area (Å²) in [6.45, 7) is 5.89. The van der Waals surface area contributed by atoms with Crippen LogP contribution in [0.25, 0.3) is 22.4 Å². The molecule has 2 aromatic heterocycles. The number of hydrogen-bond donors (Lipinski definition) is 0. The fourth-order valence-corrected chi connectivity index (χ4v) is 4.18. The number of rotatable bonds is 2. The van der Waals surface area contributed by atoms with Crippen molar-refractivity contribution in [1.29, 1.82) is 0 Å². The maximum atomic E-state index is 6.13. The van der Waals surface area contributed by atoms with Gasteiger partial charge in [0.25, 0.3) is 0 Å². The summed E-state index contributed by atoms with van der Waals surface area (Å²) in [4.78, 5) is 0. The fourth-order valence-electron chi connectivity index (χ4n) is 4.06. The van der Waals surface area contributed by atoms with E-state index in [1.54, 1.807) is 0 Å². The van der Waals surface area contributed by atoms with Gasteiger partial charge in [-0.2, -0.15) is 0 Å². The van der Waals surface area contributed by atoms with Gasteiger partial charge in [0.2, 0.25) is 0 Å². The van der Waals surface area contributed by atoms with Crippen molar-refractivity contribution < 1.29 is 4.52 Å². The minimum atomic E-state index is 0.703. The summed E-state index contributed by atoms with van der Waals surface area (Å²) in [6.07, 6.45) is 2.92. The van der Waals surface area contributed by atoms with Gasteiger partial charge in [0.1, 0.15) is 17.4 Å². The second-order valence-corrected chi connectivity index (χ2v) is 7.70. The van der Waals surface area contributed by atoms with E-state index in [4.69, 9.17) is 16.1 Å². The molecule has 0 N–H and O–H groups in total. The number of aryl methyl sites for hydroxylation is 3. The van der Waals surface area contributed by atoms with Gasteiger partial charge in [0, 0.05) is 22.6 Å². The summed E-state index contributed by atoms with van der Waals surface area (Å²) < 4.78 is 7.53. The number of fused-ring (bicyclic) bond motifs is 3. The number of aromatic nitrogens is 4. The van der Waals surface area contributed by atoms with Gasteiger partial charge in [-0.05, 0) is 61.7 Å². The Balaban J connectivity index is 1.78. The SMILES string of the molecule is Cc1noc(C)c1-c1ccc2c(c1)C(c1ccc(Cl)cc1)=CCc1nnc(C)n1-2. The van der Waals surface area contributed by atoms with Gasteiger partial charge in [-0.15, -0.1) is 10.2 Å². The molecule has 2 aromatic carbocycles. The number of halogens is 1. The molecular formula is C23H19ClN4O. The molecule has 6 heteroatoms. The monoisotopic (exact) mass is 402 g/mol. The number of hydrogen-bond acceptors (Lipinski definition) is 4. The number of benzene rings is 2. The van der Waals surface area contributed by atoms with Gasteiger partial charge in [0.15, 0.2) is 0 Å². The quantitative estimate of drug-likeness (QED) is 0.445. The highest BCUT2D eigenvalue weighted by Gasteiger charge is 2.22. The van der Waals surface area contributed by atoms with Crippen LogP contribution in [0, 0.1) is 20.8 Å².